The maximum atomic E-state index is 12.2. The number of aryl methyl sites for hydroxylation is 2. The van der Waals surface area contributed by atoms with Crippen LogP contribution in [0.15, 0.2) is 24.3 Å². The molecule has 0 amide bonds. The number of fused-ring (bicyclic) bond motifs is 1. The number of ketones is 1. The third-order valence-electron chi connectivity index (χ3n) is 3.46. The minimum Gasteiger partial charge on any atom is -0.486 e. The molecule has 0 fully saturated rings. The number of rotatable bonds is 4. The molecule has 120 valence electrons. The molecule has 0 saturated carbocycles. The Hall–Kier alpha value is -2.34. The Labute approximate surface area is 137 Å². The number of Topliss-reactive ketones (excluding diaryl/α,β-unsaturated/α-hetero) is 1. The average Bonchev–Trinajstić information content (AvgIpc) is 2.90. The summed E-state index contributed by atoms with van der Waals surface area (Å²) >= 11 is 1.53. The van der Waals surface area contributed by atoms with Crippen LogP contribution in [0.2, 0.25) is 0 Å². The fourth-order valence-corrected chi connectivity index (χ4v) is 3.25. The van der Waals surface area contributed by atoms with E-state index in [1.165, 1.54) is 11.3 Å². The Morgan fingerprint density at radius 2 is 1.87 bits per heavy atom. The van der Waals surface area contributed by atoms with E-state index in [0.29, 0.717) is 35.8 Å². The van der Waals surface area contributed by atoms with Gasteiger partial charge in [-0.1, -0.05) is 0 Å². The second-order valence-corrected chi connectivity index (χ2v) is 6.65. The molecule has 1 aliphatic heterocycles. The second kappa shape index (κ2) is 6.42. The van der Waals surface area contributed by atoms with Crippen molar-refractivity contribution in [2.75, 3.05) is 19.8 Å². The Kier molecular flexibility index (Phi) is 4.34. The van der Waals surface area contributed by atoms with E-state index in [4.69, 9.17) is 14.2 Å². The molecule has 0 N–H and O–H groups in total. The molecular formula is C17H16O5S. The van der Waals surface area contributed by atoms with Crippen molar-refractivity contribution in [2.24, 2.45) is 0 Å². The zero-order valence-electron chi connectivity index (χ0n) is 12.9. The van der Waals surface area contributed by atoms with E-state index in [0.717, 1.165) is 9.75 Å². The van der Waals surface area contributed by atoms with E-state index in [9.17, 15) is 9.59 Å². The average molecular weight is 332 g/mol. The quantitative estimate of drug-likeness (QED) is 0.636. The lowest BCUT2D eigenvalue weighted by Gasteiger charge is -2.18. The molecule has 5 nitrogen and oxygen atoms in total. The van der Waals surface area contributed by atoms with Gasteiger partial charge in [0.1, 0.15) is 13.2 Å². The van der Waals surface area contributed by atoms with Crippen molar-refractivity contribution in [2.45, 2.75) is 13.8 Å². The van der Waals surface area contributed by atoms with E-state index in [-0.39, 0.29) is 12.4 Å². The smallest absolute Gasteiger partial charge is 0.339 e. The van der Waals surface area contributed by atoms with Gasteiger partial charge >= 0.3 is 5.97 Å². The number of carbonyl (C=O) groups excluding carboxylic acids is 2. The highest BCUT2D eigenvalue weighted by Gasteiger charge is 2.18. The van der Waals surface area contributed by atoms with Crippen LogP contribution in [-0.4, -0.2) is 31.6 Å². The summed E-state index contributed by atoms with van der Waals surface area (Å²) in [5, 5.41) is 0. The number of benzene rings is 1. The fraction of sp³-hybridized carbons (Fsp3) is 0.294. The zero-order chi connectivity index (χ0) is 16.4. The van der Waals surface area contributed by atoms with Gasteiger partial charge in [0, 0.05) is 15.3 Å². The number of thiophene rings is 1. The van der Waals surface area contributed by atoms with Crippen LogP contribution in [0.25, 0.3) is 0 Å². The van der Waals surface area contributed by atoms with Gasteiger partial charge < -0.3 is 14.2 Å². The van der Waals surface area contributed by atoms with Gasteiger partial charge in [0.25, 0.3) is 0 Å². The zero-order valence-corrected chi connectivity index (χ0v) is 13.7. The van der Waals surface area contributed by atoms with Gasteiger partial charge in [-0.25, -0.2) is 4.79 Å². The largest absolute Gasteiger partial charge is 0.486 e. The van der Waals surface area contributed by atoms with Crippen LogP contribution < -0.4 is 9.47 Å². The van der Waals surface area contributed by atoms with Crippen molar-refractivity contribution in [3.8, 4) is 11.5 Å². The molecule has 0 atom stereocenters. The predicted octanol–water partition coefficient (Wildman–Crippen LogP) is 3.18. The normalized spacial score (nSPS) is 12.8. The van der Waals surface area contributed by atoms with Crippen LogP contribution in [0.3, 0.4) is 0 Å². The topological polar surface area (TPSA) is 61.8 Å². The van der Waals surface area contributed by atoms with Crippen LogP contribution >= 0.6 is 11.3 Å². The van der Waals surface area contributed by atoms with Gasteiger partial charge in [0.05, 0.1) is 5.56 Å². The van der Waals surface area contributed by atoms with E-state index >= 15 is 0 Å². The lowest BCUT2D eigenvalue weighted by Crippen LogP contribution is -2.17. The Balaban J connectivity index is 1.65. The van der Waals surface area contributed by atoms with Gasteiger partial charge in [-0.05, 0) is 38.1 Å². The van der Waals surface area contributed by atoms with Gasteiger partial charge in [-0.3, -0.25) is 4.79 Å². The van der Waals surface area contributed by atoms with Gasteiger partial charge in [0.15, 0.2) is 23.9 Å². The third kappa shape index (κ3) is 3.37. The summed E-state index contributed by atoms with van der Waals surface area (Å²) in [6, 6.07) is 6.72. The number of carbonyl (C=O) groups is 2. The van der Waals surface area contributed by atoms with Crippen LogP contribution in [0.4, 0.5) is 0 Å². The second-order valence-electron chi connectivity index (χ2n) is 5.18. The Bertz CT molecular complexity index is 762. The molecule has 0 spiro atoms. The van der Waals surface area contributed by atoms with E-state index < -0.39 is 5.97 Å². The van der Waals surface area contributed by atoms with Crippen molar-refractivity contribution >= 4 is 23.1 Å². The number of hydrogen-bond acceptors (Lipinski definition) is 6. The number of ether oxygens (including phenoxy) is 3. The Morgan fingerprint density at radius 1 is 1.13 bits per heavy atom. The summed E-state index contributed by atoms with van der Waals surface area (Å²) in [5.41, 5.74) is 0.947. The highest BCUT2D eigenvalue weighted by Crippen LogP contribution is 2.31. The van der Waals surface area contributed by atoms with Gasteiger partial charge in [-0.15, -0.1) is 11.3 Å². The van der Waals surface area contributed by atoms with Gasteiger partial charge in [-0.2, -0.15) is 0 Å². The van der Waals surface area contributed by atoms with Crippen LogP contribution in [-0.2, 0) is 4.74 Å². The minimum absolute atomic E-state index is 0.278. The van der Waals surface area contributed by atoms with Crippen LogP contribution in [0.1, 0.15) is 30.5 Å². The lowest BCUT2D eigenvalue weighted by molar-refractivity contribution is 0.0474. The Morgan fingerprint density at radius 3 is 2.57 bits per heavy atom. The molecular weight excluding hydrogens is 316 g/mol. The molecule has 0 aliphatic carbocycles. The van der Waals surface area contributed by atoms with Crippen LogP contribution in [0, 0.1) is 13.8 Å². The molecule has 0 unspecified atom stereocenters. The summed E-state index contributed by atoms with van der Waals surface area (Å²) in [5.74, 6) is 0.407. The maximum absolute atomic E-state index is 12.2. The molecule has 0 bridgehead atoms. The van der Waals surface area contributed by atoms with Crippen molar-refractivity contribution in [3.63, 3.8) is 0 Å². The summed E-state index contributed by atoms with van der Waals surface area (Å²) in [6.07, 6.45) is 0. The standard InChI is InChI=1S/C17H16O5S/c1-10-7-13(11(2)23-10)17(19)22-9-14(18)12-3-4-15-16(8-12)21-6-5-20-15/h3-4,7-8H,5-6,9H2,1-2H3. The molecule has 23 heavy (non-hydrogen) atoms. The monoisotopic (exact) mass is 332 g/mol. The first-order valence-electron chi connectivity index (χ1n) is 7.21. The number of esters is 1. The molecule has 2 heterocycles. The fourth-order valence-electron chi connectivity index (χ4n) is 2.34. The van der Waals surface area contributed by atoms with Crippen LogP contribution in [0.5, 0.6) is 11.5 Å². The molecule has 0 radical (unpaired) electrons. The molecule has 6 heteroatoms. The van der Waals surface area contributed by atoms with Crippen molar-refractivity contribution in [1.29, 1.82) is 0 Å². The lowest BCUT2D eigenvalue weighted by atomic mass is 10.1. The molecule has 1 aromatic carbocycles. The minimum atomic E-state index is -0.474. The summed E-state index contributed by atoms with van der Waals surface area (Å²) < 4.78 is 16.0. The highest BCUT2D eigenvalue weighted by atomic mass is 32.1. The molecule has 0 saturated heterocycles. The summed E-state index contributed by atoms with van der Waals surface area (Å²) in [4.78, 5) is 26.1. The molecule has 2 aromatic rings. The van der Waals surface area contributed by atoms with Crippen molar-refractivity contribution in [1.82, 2.24) is 0 Å². The van der Waals surface area contributed by atoms with Crippen molar-refractivity contribution in [3.05, 3.63) is 45.1 Å². The molecule has 1 aromatic heterocycles. The molecule has 1 aliphatic rings. The van der Waals surface area contributed by atoms with E-state index in [1.54, 1.807) is 24.3 Å². The predicted molar refractivity (Wildman–Crippen MR) is 85.8 cm³/mol. The molecule has 3 rings (SSSR count). The third-order valence-corrected chi connectivity index (χ3v) is 4.43. The maximum Gasteiger partial charge on any atom is 0.339 e. The summed E-state index contributed by atoms with van der Waals surface area (Å²) in [6.45, 7) is 4.44. The van der Waals surface area contributed by atoms with Gasteiger partial charge in [0.2, 0.25) is 0 Å². The highest BCUT2D eigenvalue weighted by molar-refractivity contribution is 7.12. The number of hydrogen-bond donors (Lipinski definition) is 0. The van der Waals surface area contributed by atoms with E-state index in [2.05, 4.69) is 0 Å². The summed E-state index contributed by atoms with van der Waals surface area (Å²) in [7, 11) is 0. The first-order valence-corrected chi connectivity index (χ1v) is 8.03. The SMILES string of the molecule is Cc1cc(C(=O)OCC(=O)c2ccc3c(c2)OCCO3)c(C)s1. The van der Waals surface area contributed by atoms with Crippen molar-refractivity contribution < 1.29 is 23.8 Å². The first-order chi connectivity index (χ1) is 11.0. The first kappa shape index (κ1) is 15.6. The van der Waals surface area contributed by atoms with E-state index in [1.807, 2.05) is 13.8 Å².